The largest absolute Gasteiger partial charge is 0.410 e. The smallest absolute Gasteiger partial charge is 0.117 e. The molecule has 1 N–H and O–H groups in total. The maximum Gasteiger partial charge on any atom is 0.117 e. The molecular weight excluding hydrogens is 354 g/mol. The Kier molecular flexibility index (Phi) is 4.30. The van der Waals surface area contributed by atoms with Crippen molar-refractivity contribution >= 4 is 27.3 Å². The zero-order chi connectivity index (χ0) is 19.6. The summed E-state index contributed by atoms with van der Waals surface area (Å²) in [5.74, 6) is 0. The number of benzene rings is 5. The lowest BCUT2D eigenvalue weighted by Gasteiger charge is -2.16. The molecule has 0 atom stereocenters. The van der Waals surface area contributed by atoms with Crippen LogP contribution < -0.4 is 0 Å². The Hall–Kier alpha value is -3.91. The van der Waals surface area contributed by atoms with Gasteiger partial charge in [-0.1, -0.05) is 114 Å². The van der Waals surface area contributed by atoms with Gasteiger partial charge in [-0.05, 0) is 32.7 Å². The third kappa shape index (κ3) is 2.95. The van der Waals surface area contributed by atoms with E-state index in [-0.39, 0.29) is 0 Å². The molecule has 0 unspecified atom stereocenters. The van der Waals surface area contributed by atoms with E-state index in [0.717, 1.165) is 33.0 Å². The van der Waals surface area contributed by atoms with Gasteiger partial charge >= 0.3 is 0 Å². The summed E-state index contributed by atoms with van der Waals surface area (Å²) in [6.45, 7) is 0. The van der Waals surface area contributed by atoms with Crippen LogP contribution in [0.3, 0.4) is 0 Å². The summed E-state index contributed by atoms with van der Waals surface area (Å²) in [5, 5.41) is 18.4. The standard InChI is InChI=1S/C27H19NO/c29-28-27(21-11-2-1-3-12-21)25-18-17-20-10-5-7-15-23(20)26(25)24-16-8-13-19-9-4-6-14-22(19)24/h1-18,29H/b28-27-. The molecule has 5 aromatic rings. The fourth-order valence-corrected chi connectivity index (χ4v) is 4.07. The van der Waals surface area contributed by atoms with Gasteiger partial charge in [0.25, 0.3) is 0 Å². The van der Waals surface area contributed by atoms with Gasteiger partial charge in [0, 0.05) is 11.1 Å². The molecule has 5 rings (SSSR count). The van der Waals surface area contributed by atoms with Crippen molar-refractivity contribution in [2.45, 2.75) is 0 Å². The summed E-state index contributed by atoms with van der Waals surface area (Å²) in [6.07, 6.45) is 0. The average molecular weight is 373 g/mol. The Labute approximate surface area is 169 Å². The molecule has 0 spiro atoms. The minimum atomic E-state index is 0.569. The molecule has 2 heteroatoms. The highest BCUT2D eigenvalue weighted by Gasteiger charge is 2.18. The van der Waals surface area contributed by atoms with Crippen LogP contribution >= 0.6 is 0 Å². The molecule has 0 aliphatic heterocycles. The van der Waals surface area contributed by atoms with Crippen LogP contribution in [0, 0.1) is 0 Å². The van der Waals surface area contributed by atoms with Gasteiger partial charge in [0.2, 0.25) is 0 Å². The summed E-state index contributed by atoms with van der Waals surface area (Å²) in [4.78, 5) is 0. The third-order valence-corrected chi connectivity index (χ3v) is 5.39. The molecule has 138 valence electrons. The average Bonchev–Trinajstić information content (AvgIpc) is 2.80. The van der Waals surface area contributed by atoms with Crippen LogP contribution in [0.5, 0.6) is 0 Å². The Morgan fingerprint density at radius 2 is 1.17 bits per heavy atom. The summed E-state index contributed by atoms with van der Waals surface area (Å²) in [7, 11) is 0. The fourth-order valence-electron chi connectivity index (χ4n) is 4.07. The second-order valence-electron chi connectivity index (χ2n) is 7.05. The zero-order valence-corrected chi connectivity index (χ0v) is 15.8. The van der Waals surface area contributed by atoms with E-state index < -0.39 is 0 Å². The molecule has 0 amide bonds. The Morgan fingerprint density at radius 3 is 1.93 bits per heavy atom. The molecule has 0 fully saturated rings. The van der Waals surface area contributed by atoms with E-state index in [9.17, 15) is 5.21 Å². The predicted molar refractivity (Wildman–Crippen MR) is 121 cm³/mol. The first-order chi connectivity index (χ1) is 14.4. The van der Waals surface area contributed by atoms with E-state index in [1.165, 1.54) is 10.8 Å². The Morgan fingerprint density at radius 1 is 0.552 bits per heavy atom. The molecule has 2 nitrogen and oxygen atoms in total. The van der Waals surface area contributed by atoms with Crippen LogP contribution in [0.15, 0.2) is 114 Å². The molecule has 0 aromatic heterocycles. The molecule has 0 aliphatic rings. The molecule has 29 heavy (non-hydrogen) atoms. The lowest BCUT2D eigenvalue weighted by Crippen LogP contribution is -2.06. The van der Waals surface area contributed by atoms with Crippen molar-refractivity contribution in [3.05, 3.63) is 120 Å². The number of nitrogens with zero attached hydrogens (tertiary/aromatic N) is 1. The molecule has 0 radical (unpaired) electrons. The topological polar surface area (TPSA) is 32.6 Å². The van der Waals surface area contributed by atoms with Crippen LogP contribution in [0.4, 0.5) is 0 Å². The van der Waals surface area contributed by atoms with Crippen molar-refractivity contribution in [1.82, 2.24) is 0 Å². The van der Waals surface area contributed by atoms with E-state index in [2.05, 4.69) is 78.0 Å². The highest BCUT2D eigenvalue weighted by Crippen LogP contribution is 2.37. The monoisotopic (exact) mass is 373 g/mol. The van der Waals surface area contributed by atoms with E-state index >= 15 is 0 Å². The van der Waals surface area contributed by atoms with Crippen molar-refractivity contribution in [3.63, 3.8) is 0 Å². The SMILES string of the molecule is O/N=C(/c1ccccc1)c1ccc2ccccc2c1-c1cccc2ccccc12. The van der Waals surface area contributed by atoms with Crippen LogP contribution in [0.25, 0.3) is 32.7 Å². The zero-order valence-electron chi connectivity index (χ0n) is 15.8. The van der Waals surface area contributed by atoms with Crippen molar-refractivity contribution in [3.8, 4) is 11.1 Å². The summed E-state index contributed by atoms with van der Waals surface area (Å²) in [6, 6.07) is 37.1. The van der Waals surface area contributed by atoms with Gasteiger partial charge in [-0.25, -0.2) is 0 Å². The first-order valence-corrected chi connectivity index (χ1v) is 9.64. The second-order valence-corrected chi connectivity index (χ2v) is 7.05. The molecule has 0 saturated heterocycles. The number of hydrogen-bond acceptors (Lipinski definition) is 2. The number of fused-ring (bicyclic) bond motifs is 2. The lowest BCUT2D eigenvalue weighted by atomic mass is 9.87. The molecular formula is C27H19NO. The molecule has 0 aliphatic carbocycles. The van der Waals surface area contributed by atoms with Gasteiger partial charge in [-0.15, -0.1) is 0 Å². The van der Waals surface area contributed by atoms with Gasteiger partial charge in [-0.2, -0.15) is 0 Å². The van der Waals surface area contributed by atoms with Crippen molar-refractivity contribution in [1.29, 1.82) is 0 Å². The quantitative estimate of drug-likeness (QED) is 0.208. The van der Waals surface area contributed by atoms with Crippen LogP contribution in [-0.4, -0.2) is 10.9 Å². The van der Waals surface area contributed by atoms with Gasteiger partial charge in [0.05, 0.1) is 0 Å². The molecule has 0 heterocycles. The number of oxime groups is 1. The normalized spacial score (nSPS) is 11.8. The van der Waals surface area contributed by atoms with Gasteiger partial charge in [0.1, 0.15) is 5.71 Å². The van der Waals surface area contributed by atoms with Gasteiger partial charge in [-0.3, -0.25) is 0 Å². The summed E-state index contributed by atoms with van der Waals surface area (Å²) >= 11 is 0. The van der Waals surface area contributed by atoms with E-state index in [1.807, 2.05) is 36.4 Å². The number of hydrogen-bond donors (Lipinski definition) is 1. The maximum absolute atomic E-state index is 9.98. The van der Waals surface area contributed by atoms with Gasteiger partial charge in [0.15, 0.2) is 0 Å². The third-order valence-electron chi connectivity index (χ3n) is 5.39. The summed E-state index contributed by atoms with van der Waals surface area (Å²) in [5.41, 5.74) is 4.57. The first-order valence-electron chi connectivity index (χ1n) is 9.64. The lowest BCUT2D eigenvalue weighted by molar-refractivity contribution is 0.319. The second kappa shape index (κ2) is 7.25. The predicted octanol–water partition coefficient (Wildman–Crippen LogP) is 6.89. The van der Waals surface area contributed by atoms with Crippen LogP contribution in [-0.2, 0) is 0 Å². The van der Waals surface area contributed by atoms with Crippen molar-refractivity contribution in [2.75, 3.05) is 0 Å². The van der Waals surface area contributed by atoms with Gasteiger partial charge < -0.3 is 5.21 Å². The molecule has 0 saturated carbocycles. The van der Waals surface area contributed by atoms with E-state index in [1.54, 1.807) is 0 Å². The van der Waals surface area contributed by atoms with E-state index in [0.29, 0.717) is 5.71 Å². The number of rotatable bonds is 3. The highest BCUT2D eigenvalue weighted by atomic mass is 16.4. The first kappa shape index (κ1) is 17.2. The molecule has 5 aromatic carbocycles. The highest BCUT2D eigenvalue weighted by molar-refractivity contribution is 6.21. The van der Waals surface area contributed by atoms with Crippen molar-refractivity contribution in [2.24, 2.45) is 5.16 Å². The van der Waals surface area contributed by atoms with E-state index in [4.69, 9.17) is 0 Å². The maximum atomic E-state index is 9.98. The van der Waals surface area contributed by atoms with Crippen molar-refractivity contribution < 1.29 is 5.21 Å². The Bertz CT molecular complexity index is 1350. The minimum absolute atomic E-state index is 0.569. The minimum Gasteiger partial charge on any atom is -0.410 e. The summed E-state index contributed by atoms with van der Waals surface area (Å²) < 4.78 is 0. The van der Waals surface area contributed by atoms with Crippen LogP contribution in [0.1, 0.15) is 11.1 Å². The Balaban J connectivity index is 1.90. The fraction of sp³-hybridized carbons (Fsp3) is 0. The van der Waals surface area contributed by atoms with Crippen LogP contribution in [0.2, 0.25) is 0 Å². The molecule has 0 bridgehead atoms.